The topological polar surface area (TPSA) is 49.4 Å². The van der Waals surface area contributed by atoms with Crippen molar-refractivity contribution in [3.05, 3.63) is 64.2 Å². The van der Waals surface area contributed by atoms with Crippen LogP contribution in [0.25, 0.3) is 0 Å². The largest absolute Gasteiger partial charge is 0.352 e. The number of hydrogen-bond donors (Lipinski definition) is 1. The van der Waals surface area contributed by atoms with E-state index in [2.05, 4.69) is 11.4 Å². The second-order valence-electron chi connectivity index (χ2n) is 6.72. The molecule has 4 heteroatoms. The maximum absolute atomic E-state index is 12.3. The van der Waals surface area contributed by atoms with Crippen molar-refractivity contribution in [1.29, 1.82) is 0 Å². The normalized spacial score (nSPS) is 13.6. The number of rotatable bonds is 4. The summed E-state index contributed by atoms with van der Waals surface area (Å²) in [5, 5.41) is 2.99. The fourth-order valence-corrected chi connectivity index (χ4v) is 3.17. The Morgan fingerprint density at radius 3 is 2.64 bits per heavy atom. The van der Waals surface area contributed by atoms with E-state index < -0.39 is 0 Å². The molecule has 1 aliphatic heterocycles. The van der Waals surface area contributed by atoms with Crippen molar-refractivity contribution in [1.82, 2.24) is 5.32 Å². The summed E-state index contributed by atoms with van der Waals surface area (Å²) in [5.74, 6) is 0.132. The average molecular weight is 336 g/mol. The van der Waals surface area contributed by atoms with Gasteiger partial charge in [0.25, 0.3) is 5.91 Å². The monoisotopic (exact) mass is 336 g/mol. The SMILES string of the molecule is Cc1ccc(C(=O)NCCc2ccc3c(c2)CCC(=O)N3C)cc1C. The molecule has 1 heterocycles. The molecule has 0 aliphatic carbocycles. The van der Waals surface area contributed by atoms with Gasteiger partial charge < -0.3 is 10.2 Å². The fraction of sp³-hybridized carbons (Fsp3) is 0.333. The molecule has 0 spiro atoms. The van der Waals surface area contributed by atoms with Crippen LogP contribution in [0.1, 0.15) is 39.0 Å². The van der Waals surface area contributed by atoms with Crippen molar-refractivity contribution in [3.63, 3.8) is 0 Å². The molecule has 0 aromatic heterocycles. The Bertz CT molecular complexity index is 827. The minimum atomic E-state index is -0.0357. The van der Waals surface area contributed by atoms with Gasteiger partial charge in [0.05, 0.1) is 0 Å². The second-order valence-corrected chi connectivity index (χ2v) is 6.72. The van der Waals surface area contributed by atoms with Gasteiger partial charge in [0.15, 0.2) is 0 Å². The number of aryl methyl sites for hydroxylation is 3. The zero-order valence-electron chi connectivity index (χ0n) is 15.1. The molecule has 0 fully saturated rings. The van der Waals surface area contributed by atoms with Gasteiger partial charge in [0.1, 0.15) is 0 Å². The molecule has 25 heavy (non-hydrogen) atoms. The van der Waals surface area contributed by atoms with Crippen molar-refractivity contribution < 1.29 is 9.59 Å². The third-order valence-electron chi connectivity index (χ3n) is 4.96. The van der Waals surface area contributed by atoms with E-state index in [0.717, 1.165) is 24.1 Å². The summed E-state index contributed by atoms with van der Waals surface area (Å²) in [6.45, 7) is 4.65. The highest BCUT2D eigenvalue weighted by Crippen LogP contribution is 2.27. The van der Waals surface area contributed by atoms with Gasteiger partial charge >= 0.3 is 0 Å². The Morgan fingerprint density at radius 1 is 1.08 bits per heavy atom. The predicted octanol–water partition coefficient (Wildman–Crippen LogP) is 3.18. The third kappa shape index (κ3) is 3.73. The van der Waals surface area contributed by atoms with Crippen LogP contribution >= 0.6 is 0 Å². The molecule has 0 radical (unpaired) electrons. The number of anilines is 1. The van der Waals surface area contributed by atoms with Gasteiger partial charge in [-0.15, -0.1) is 0 Å². The van der Waals surface area contributed by atoms with Gasteiger partial charge in [0, 0.05) is 31.3 Å². The molecule has 0 atom stereocenters. The highest BCUT2D eigenvalue weighted by molar-refractivity contribution is 5.96. The molecule has 4 nitrogen and oxygen atoms in total. The Hall–Kier alpha value is -2.62. The van der Waals surface area contributed by atoms with E-state index in [1.807, 2.05) is 51.2 Å². The average Bonchev–Trinajstić information content (AvgIpc) is 2.60. The molecule has 0 saturated heterocycles. The number of hydrogen-bond acceptors (Lipinski definition) is 2. The summed E-state index contributed by atoms with van der Waals surface area (Å²) in [6.07, 6.45) is 2.14. The smallest absolute Gasteiger partial charge is 0.251 e. The molecular formula is C21H24N2O2. The number of carbonyl (C=O) groups is 2. The number of nitrogens with zero attached hydrogens (tertiary/aromatic N) is 1. The Morgan fingerprint density at radius 2 is 1.88 bits per heavy atom. The lowest BCUT2D eigenvalue weighted by atomic mass is 9.98. The van der Waals surface area contributed by atoms with E-state index in [9.17, 15) is 9.59 Å². The van der Waals surface area contributed by atoms with Gasteiger partial charge in [0.2, 0.25) is 5.91 Å². The van der Waals surface area contributed by atoms with Crippen molar-refractivity contribution in [2.24, 2.45) is 0 Å². The van der Waals surface area contributed by atoms with Crippen LogP contribution in [0, 0.1) is 13.8 Å². The number of amides is 2. The van der Waals surface area contributed by atoms with E-state index in [1.165, 1.54) is 16.7 Å². The van der Waals surface area contributed by atoms with Gasteiger partial charge in [-0.2, -0.15) is 0 Å². The van der Waals surface area contributed by atoms with Gasteiger partial charge in [-0.3, -0.25) is 9.59 Å². The molecule has 0 unspecified atom stereocenters. The number of fused-ring (bicyclic) bond motifs is 1. The fourth-order valence-electron chi connectivity index (χ4n) is 3.17. The first-order valence-electron chi connectivity index (χ1n) is 8.69. The first kappa shape index (κ1) is 17.2. The molecule has 0 saturated carbocycles. The van der Waals surface area contributed by atoms with Crippen molar-refractivity contribution in [2.75, 3.05) is 18.5 Å². The molecule has 2 aromatic rings. The molecular weight excluding hydrogens is 312 g/mol. The first-order chi connectivity index (χ1) is 12.0. The van der Waals surface area contributed by atoms with E-state index >= 15 is 0 Å². The van der Waals surface area contributed by atoms with Crippen LogP contribution in [-0.2, 0) is 17.6 Å². The van der Waals surface area contributed by atoms with Crippen LogP contribution < -0.4 is 10.2 Å². The van der Waals surface area contributed by atoms with Crippen molar-refractivity contribution in [3.8, 4) is 0 Å². The summed E-state index contributed by atoms with van der Waals surface area (Å²) >= 11 is 0. The molecule has 0 bridgehead atoms. The Balaban J connectivity index is 1.60. The van der Waals surface area contributed by atoms with E-state index in [-0.39, 0.29) is 11.8 Å². The standard InChI is InChI=1S/C21H24N2O2/c1-14-4-6-18(12-15(14)2)21(25)22-11-10-16-5-8-19-17(13-16)7-9-20(24)23(19)3/h4-6,8,12-13H,7,9-11H2,1-3H3,(H,22,25). The quantitative estimate of drug-likeness (QED) is 0.932. The van der Waals surface area contributed by atoms with Crippen LogP contribution in [0.15, 0.2) is 36.4 Å². The van der Waals surface area contributed by atoms with Crippen LogP contribution in [0.2, 0.25) is 0 Å². The van der Waals surface area contributed by atoms with E-state index in [1.54, 1.807) is 4.90 Å². The zero-order chi connectivity index (χ0) is 18.0. The summed E-state index contributed by atoms with van der Waals surface area (Å²) < 4.78 is 0. The lowest BCUT2D eigenvalue weighted by Crippen LogP contribution is -2.31. The number of benzene rings is 2. The van der Waals surface area contributed by atoms with Crippen molar-refractivity contribution >= 4 is 17.5 Å². The van der Waals surface area contributed by atoms with Gasteiger partial charge in [-0.25, -0.2) is 0 Å². The minimum Gasteiger partial charge on any atom is -0.352 e. The molecule has 2 amide bonds. The maximum atomic E-state index is 12.3. The Labute approximate surface area is 148 Å². The van der Waals surface area contributed by atoms with Gasteiger partial charge in [-0.05, 0) is 67.1 Å². The highest BCUT2D eigenvalue weighted by atomic mass is 16.2. The zero-order valence-corrected chi connectivity index (χ0v) is 15.1. The van der Waals surface area contributed by atoms with Crippen LogP contribution in [0.4, 0.5) is 5.69 Å². The highest BCUT2D eigenvalue weighted by Gasteiger charge is 2.20. The number of nitrogens with one attached hydrogen (secondary N) is 1. The summed E-state index contributed by atoms with van der Waals surface area (Å²) in [4.78, 5) is 25.7. The van der Waals surface area contributed by atoms with Crippen molar-refractivity contribution in [2.45, 2.75) is 33.1 Å². The summed E-state index contributed by atoms with van der Waals surface area (Å²) in [7, 11) is 1.82. The maximum Gasteiger partial charge on any atom is 0.251 e. The van der Waals surface area contributed by atoms with Crippen LogP contribution in [0.3, 0.4) is 0 Å². The second kappa shape index (κ2) is 7.09. The summed E-state index contributed by atoms with van der Waals surface area (Å²) in [5.41, 5.74) is 6.41. The molecule has 130 valence electrons. The first-order valence-corrected chi connectivity index (χ1v) is 8.69. The summed E-state index contributed by atoms with van der Waals surface area (Å²) in [6, 6.07) is 12.0. The molecule has 1 N–H and O–H groups in total. The lowest BCUT2D eigenvalue weighted by molar-refractivity contribution is -0.118. The Kier molecular flexibility index (Phi) is 4.88. The molecule has 3 rings (SSSR count). The van der Waals surface area contributed by atoms with Crippen LogP contribution in [-0.4, -0.2) is 25.4 Å². The molecule has 2 aromatic carbocycles. The van der Waals surface area contributed by atoms with Gasteiger partial charge in [-0.1, -0.05) is 18.2 Å². The third-order valence-corrected chi connectivity index (χ3v) is 4.96. The predicted molar refractivity (Wildman–Crippen MR) is 100 cm³/mol. The lowest BCUT2D eigenvalue weighted by Gasteiger charge is -2.26. The number of carbonyl (C=O) groups excluding carboxylic acids is 2. The van der Waals surface area contributed by atoms with E-state index in [0.29, 0.717) is 18.5 Å². The van der Waals surface area contributed by atoms with Crippen LogP contribution in [0.5, 0.6) is 0 Å². The van der Waals surface area contributed by atoms with E-state index in [4.69, 9.17) is 0 Å². The molecule has 1 aliphatic rings. The minimum absolute atomic E-state index is 0.0357.